The topological polar surface area (TPSA) is 229 Å². The van der Waals surface area contributed by atoms with Crippen molar-refractivity contribution in [2.75, 3.05) is 13.6 Å². The molecule has 15 nitrogen and oxygen atoms in total. The molecule has 1 spiro atoms. The maximum Gasteiger partial charge on any atom is 0.336 e. The summed E-state index contributed by atoms with van der Waals surface area (Å²) in [6, 6.07) is 1.08. The van der Waals surface area contributed by atoms with Gasteiger partial charge in [-0.3, -0.25) is 14.4 Å². The summed E-state index contributed by atoms with van der Waals surface area (Å²) in [6.07, 6.45) is -4.52. The van der Waals surface area contributed by atoms with Crippen LogP contribution >= 0.6 is 0 Å². The zero-order valence-electron chi connectivity index (χ0n) is 24.6. The number of likely N-dealkylation sites (N-methyl/N-ethyl adjacent to an activating group) is 1. The number of aryl methyl sites for hydroxylation is 1. The van der Waals surface area contributed by atoms with Gasteiger partial charge in [0.2, 0.25) is 0 Å². The number of esters is 2. The quantitative estimate of drug-likeness (QED) is 0.185. The van der Waals surface area contributed by atoms with Gasteiger partial charge < -0.3 is 50.0 Å². The fourth-order valence-corrected chi connectivity index (χ4v) is 6.39. The number of benzene rings is 1. The van der Waals surface area contributed by atoms with Gasteiger partial charge in [-0.15, -0.1) is 0 Å². The number of aliphatic hydroxyl groups is 2. The highest BCUT2D eigenvalue weighted by atomic mass is 16.6. The molecule has 4 rings (SSSR count). The first-order valence-corrected chi connectivity index (χ1v) is 14.0. The minimum absolute atomic E-state index is 0.0397. The van der Waals surface area contributed by atoms with Crippen LogP contribution in [0.2, 0.25) is 0 Å². The van der Waals surface area contributed by atoms with E-state index < -0.39 is 78.0 Å². The number of likely N-dealkylation sites (tertiary alicyclic amines) is 1. The van der Waals surface area contributed by atoms with Crippen LogP contribution in [-0.4, -0.2) is 110 Å². The molecule has 1 aromatic carbocycles. The number of nitrogens with one attached hydrogen (secondary N) is 1. The highest BCUT2D eigenvalue weighted by Gasteiger charge is 2.69. The normalized spacial score (nSPS) is 27.6. The molecule has 1 amide bonds. The van der Waals surface area contributed by atoms with E-state index in [-0.39, 0.29) is 29.7 Å². The molecular weight excluding hydrogens is 584 g/mol. The molecule has 0 unspecified atom stereocenters. The second-order valence-corrected chi connectivity index (χ2v) is 11.5. The summed E-state index contributed by atoms with van der Waals surface area (Å²) in [5.74, 6) is -6.58. The highest BCUT2D eigenvalue weighted by molar-refractivity contribution is 5.90. The Morgan fingerprint density at radius 2 is 1.86 bits per heavy atom. The Balaban J connectivity index is 1.47. The monoisotopic (exact) mass is 620 g/mol. The molecule has 44 heavy (non-hydrogen) atoms. The van der Waals surface area contributed by atoms with Crippen LogP contribution in [0.4, 0.5) is 0 Å². The first kappa shape index (κ1) is 32.7. The number of phenols is 1. The molecule has 240 valence electrons. The largest absolute Gasteiger partial charge is 0.504 e. The fraction of sp³-hybridized carbons (Fsp3) is 0.552. The summed E-state index contributed by atoms with van der Waals surface area (Å²) >= 11 is 0. The molecular formula is C29H36N2O13. The molecule has 0 radical (unpaired) electrons. The second kappa shape index (κ2) is 12.1. The molecule has 2 heterocycles. The van der Waals surface area contributed by atoms with Gasteiger partial charge in [0, 0.05) is 18.0 Å². The van der Waals surface area contributed by atoms with Crippen molar-refractivity contribution in [3.05, 3.63) is 35.1 Å². The Bertz CT molecular complexity index is 1410. The Labute approximate surface area is 252 Å². The minimum atomic E-state index is -2.07. The molecule has 2 aliphatic heterocycles. The van der Waals surface area contributed by atoms with Gasteiger partial charge in [0.1, 0.15) is 11.8 Å². The smallest absolute Gasteiger partial charge is 0.336 e. The van der Waals surface area contributed by atoms with Crippen LogP contribution < -0.4 is 10.1 Å². The molecule has 15 heteroatoms. The number of aromatic hydroxyl groups is 1. The maximum absolute atomic E-state index is 12.9. The summed E-state index contributed by atoms with van der Waals surface area (Å²) in [4.78, 5) is 61.6. The summed E-state index contributed by atoms with van der Waals surface area (Å²) < 4.78 is 16.6. The van der Waals surface area contributed by atoms with Gasteiger partial charge >= 0.3 is 23.9 Å². The molecule has 3 aliphatic rings. The van der Waals surface area contributed by atoms with Crippen molar-refractivity contribution in [2.45, 2.75) is 87.9 Å². The van der Waals surface area contributed by atoms with Crippen LogP contribution in [0.15, 0.2) is 24.0 Å². The SMILES string of the molecule is Cc1ccc(O)c2c1[C@]13CCN(C)[C@H](C)[C@]1(O)CC=C(OC(=O)C[C@H](O)C(=O)O[C@@H](C)C(=O)N[C@H](CC(=O)O)C(=O)O)[C@@H]3O2. The van der Waals surface area contributed by atoms with Gasteiger partial charge in [0.15, 0.2) is 29.8 Å². The molecule has 1 fully saturated rings. The first-order valence-electron chi connectivity index (χ1n) is 14.0. The van der Waals surface area contributed by atoms with Gasteiger partial charge in [0.25, 0.3) is 5.91 Å². The third-order valence-electron chi connectivity index (χ3n) is 8.85. The average molecular weight is 621 g/mol. The van der Waals surface area contributed by atoms with E-state index in [1.807, 2.05) is 31.1 Å². The van der Waals surface area contributed by atoms with Crippen molar-refractivity contribution in [1.82, 2.24) is 10.2 Å². The minimum Gasteiger partial charge on any atom is -0.504 e. The number of carboxylic acids is 2. The lowest BCUT2D eigenvalue weighted by Crippen LogP contribution is -2.71. The van der Waals surface area contributed by atoms with Gasteiger partial charge in [-0.2, -0.15) is 0 Å². The second-order valence-electron chi connectivity index (χ2n) is 11.5. The van der Waals surface area contributed by atoms with Crippen LogP contribution in [0.25, 0.3) is 0 Å². The molecule has 0 saturated carbocycles. The predicted octanol–water partition coefficient (Wildman–Crippen LogP) is -0.288. The van der Waals surface area contributed by atoms with Crippen LogP contribution in [0.1, 0.15) is 50.7 Å². The van der Waals surface area contributed by atoms with Gasteiger partial charge in [-0.25, -0.2) is 9.59 Å². The van der Waals surface area contributed by atoms with Gasteiger partial charge in [-0.1, -0.05) is 6.07 Å². The van der Waals surface area contributed by atoms with Crippen molar-refractivity contribution in [2.24, 2.45) is 0 Å². The Kier molecular flexibility index (Phi) is 8.96. The third-order valence-corrected chi connectivity index (χ3v) is 8.85. The van der Waals surface area contributed by atoms with Crippen LogP contribution in [0, 0.1) is 6.92 Å². The predicted molar refractivity (Wildman–Crippen MR) is 147 cm³/mol. The number of rotatable bonds is 10. The molecule has 0 bridgehead atoms. The number of fused-ring (bicyclic) bond motifs is 1. The fourth-order valence-electron chi connectivity index (χ4n) is 6.39. The number of phenolic OH excluding ortho intramolecular Hbond substituents is 1. The third kappa shape index (κ3) is 5.57. The zero-order chi connectivity index (χ0) is 32.7. The van der Waals surface area contributed by atoms with E-state index in [4.69, 9.17) is 24.4 Å². The molecule has 6 N–H and O–H groups in total. The maximum atomic E-state index is 12.9. The summed E-state index contributed by atoms with van der Waals surface area (Å²) in [5, 5.41) is 53.0. The van der Waals surface area contributed by atoms with E-state index in [1.165, 1.54) is 12.1 Å². The standard InChI is InChI=1S/C29H36N2O13/c1-13-5-6-17(32)23-22(13)28-9-10-31(4)15(3)29(28,41)8-7-19(24(28)44-23)43-21(36)12-18(33)27(40)42-14(2)25(37)30-16(26(38)39)11-20(34)35/h5-7,14-16,18,24,32-33,41H,8-12H2,1-4H3,(H,30,37)(H,34,35)(H,38,39)/t14-,15+,16+,18-,24-,28-,29+/m0/s1. The van der Waals surface area contributed by atoms with E-state index in [9.17, 15) is 39.3 Å². The van der Waals surface area contributed by atoms with Crippen molar-refractivity contribution in [3.8, 4) is 11.5 Å². The van der Waals surface area contributed by atoms with E-state index in [1.54, 1.807) is 6.07 Å². The molecule has 7 atom stereocenters. The number of carbonyl (C=O) groups is 5. The number of piperidine rings is 1. The molecule has 1 saturated heterocycles. The number of amides is 1. The number of carboxylic acid groups (broad SMARTS) is 2. The van der Waals surface area contributed by atoms with Crippen LogP contribution in [0.3, 0.4) is 0 Å². The highest BCUT2D eigenvalue weighted by Crippen LogP contribution is 2.62. The Morgan fingerprint density at radius 1 is 1.18 bits per heavy atom. The molecule has 1 aliphatic carbocycles. The van der Waals surface area contributed by atoms with E-state index in [0.29, 0.717) is 18.5 Å². The summed E-state index contributed by atoms with van der Waals surface area (Å²) in [7, 11) is 1.89. The van der Waals surface area contributed by atoms with Crippen molar-refractivity contribution in [3.63, 3.8) is 0 Å². The van der Waals surface area contributed by atoms with E-state index >= 15 is 0 Å². The van der Waals surface area contributed by atoms with Crippen molar-refractivity contribution in [1.29, 1.82) is 0 Å². The lowest BCUT2D eigenvalue weighted by Gasteiger charge is -2.58. The van der Waals surface area contributed by atoms with E-state index in [0.717, 1.165) is 12.5 Å². The lowest BCUT2D eigenvalue weighted by molar-refractivity contribution is -0.169. The summed E-state index contributed by atoms with van der Waals surface area (Å²) in [5.41, 5.74) is -1.06. The van der Waals surface area contributed by atoms with Crippen LogP contribution in [-0.2, 0) is 38.9 Å². The number of nitrogens with zero attached hydrogens (tertiary/aromatic N) is 1. The van der Waals surface area contributed by atoms with Gasteiger partial charge in [0.05, 0.1) is 23.9 Å². The molecule has 1 aromatic rings. The zero-order valence-corrected chi connectivity index (χ0v) is 24.6. The lowest BCUT2D eigenvalue weighted by atomic mass is 9.54. The average Bonchev–Trinajstić information content (AvgIpc) is 3.31. The Hall–Kier alpha value is -4.21. The number of carbonyl (C=O) groups excluding carboxylic acids is 3. The Morgan fingerprint density at radius 3 is 2.50 bits per heavy atom. The van der Waals surface area contributed by atoms with Gasteiger partial charge in [-0.05, 0) is 58.5 Å². The number of aliphatic hydroxyl groups excluding tert-OH is 1. The number of aliphatic carboxylic acids is 2. The van der Waals surface area contributed by atoms with Crippen LogP contribution in [0.5, 0.6) is 11.5 Å². The number of ether oxygens (including phenoxy) is 3. The van der Waals surface area contributed by atoms with Crippen molar-refractivity contribution < 1.29 is 63.7 Å². The summed E-state index contributed by atoms with van der Waals surface area (Å²) in [6.45, 7) is 5.36. The molecule has 0 aromatic heterocycles. The number of hydrogen-bond acceptors (Lipinski definition) is 12. The van der Waals surface area contributed by atoms with E-state index in [2.05, 4.69) is 0 Å². The van der Waals surface area contributed by atoms with Crippen molar-refractivity contribution >= 4 is 29.8 Å². The first-order chi connectivity index (χ1) is 20.5. The number of hydrogen-bond donors (Lipinski definition) is 6.